The van der Waals surface area contributed by atoms with E-state index in [-0.39, 0.29) is 17.6 Å². The van der Waals surface area contributed by atoms with Gasteiger partial charge in [-0.1, -0.05) is 20.3 Å². The molecule has 0 aromatic heterocycles. The first-order valence-electron chi connectivity index (χ1n) is 7.94. The van der Waals surface area contributed by atoms with Crippen LogP contribution in [0.1, 0.15) is 39.5 Å². The number of aliphatic carboxylic acids is 2. The molecule has 0 spiro atoms. The van der Waals surface area contributed by atoms with Gasteiger partial charge in [-0.25, -0.2) is 9.59 Å². The molecule has 0 aliphatic carbocycles. The van der Waals surface area contributed by atoms with Crippen LogP contribution in [0.2, 0.25) is 0 Å². The van der Waals surface area contributed by atoms with Gasteiger partial charge in [-0.15, -0.1) is 0 Å². The molecule has 22 heavy (non-hydrogen) atoms. The van der Waals surface area contributed by atoms with Gasteiger partial charge in [0.25, 0.3) is 0 Å². The van der Waals surface area contributed by atoms with Crippen molar-refractivity contribution >= 4 is 11.9 Å². The third kappa shape index (κ3) is 6.15. The van der Waals surface area contributed by atoms with Gasteiger partial charge < -0.3 is 14.9 Å². The Kier molecular flexibility index (Phi) is 8.12. The van der Waals surface area contributed by atoms with Crippen LogP contribution in [0.15, 0.2) is 11.1 Å². The zero-order valence-electron chi connectivity index (χ0n) is 13.5. The second-order valence-corrected chi connectivity index (χ2v) is 5.82. The van der Waals surface area contributed by atoms with Gasteiger partial charge in [0.1, 0.15) is 0 Å². The number of morpholine rings is 1. The molecular weight excluding hydrogens is 286 g/mol. The molecule has 1 atom stereocenters. The Morgan fingerprint density at radius 2 is 1.64 bits per heavy atom. The summed E-state index contributed by atoms with van der Waals surface area (Å²) in [6.07, 6.45) is 2.24. The van der Waals surface area contributed by atoms with Crippen LogP contribution in [0, 0.1) is 5.92 Å². The molecule has 6 nitrogen and oxygen atoms in total. The molecule has 1 fully saturated rings. The largest absolute Gasteiger partial charge is 0.478 e. The highest BCUT2D eigenvalue weighted by Crippen LogP contribution is 2.20. The Bertz CT molecular complexity index is 413. The lowest BCUT2D eigenvalue weighted by Gasteiger charge is -2.26. The third-order valence-corrected chi connectivity index (χ3v) is 4.25. The quantitative estimate of drug-likeness (QED) is 0.633. The van der Waals surface area contributed by atoms with Crippen LogP contribution in [0.3, 0.4) is 0 Å². The average molecular weight is 313 g/mol. The van der Waals surface area contributed by atoms with Gasteiger partial charge in [-0.05, 0) is 25.2 Å². The lowest BCUT2D eigenvalue weighted by atomic mass is 9.95. The number of hydrogen-bond acceptors (Lipinski definition) is 4. The summed E-state index contributed by atoms with van der Waals surface area (Å²) >= 11 is 0. The van der Waals surface area contributed by atoms with Gasteiger partial charge in [-0.3, -0.25) is 4.90 Å². The molecule has 1 rings (SSSR count). The molecule has 2 N–H and O–H groups in total. The van der Waals surface area contributed by atoms with E-state index in [9.17, 15) is 19.8 Å². The molecular formula is C16H27NO5. The van der Waals surface area contributed by atoms with Crippen LogP contribution < -0.4 is 0 Å². The minimum absolute atomic E-state index is 0.0438. The third-order valence-electron chi connectivity index (χ3n) is 4.25. The normalized spacial score (nSPS) is 18.6. The minimum atomic E-state index is -1.12. The van der Waals surface area contributed by atoms with Crippen molar-refractivity contribution in [3.8, 4) is 0 Å². The van der Waals surface area contributed by atoms with E-state index in [2.05, 4.69) is 4.90 Å². The fourth-order valence-electron chi connectivity index (χ4n) is 2.46. The maximum Gasteiger partial charge on any atom is 0.332 e. The van der Waals surface area contributed by atoms with E-state index in [0.717, 1.165) is 19.5 Å². The van der Waals surface area contributed by atoms with E-state index in [0.29, 0.717) is 38.5 Å². The maximum absolute atomic E-state index is 11.5. The molecule has 0 bridgehead atoms. The van der Waals surface area contributed by atoms with Crippen LogP contribution in [0.4, 0.5) is 0 Å². The van der Waals surface area contributed by atoms with Crippen molar-refractivity contribution in [1.82, 2.24) is 4.90 Å². The Labute approximate surface area is 131 Å². The van der Waals surface area contributed by atoms with Crippen LogP contribution in [-0.4, -0.2) is 59.9 Å². The second-order valence-electron chi connectivity index (χ2n) is 5.82. The summed E-state index contributed by atoms with van der Waals surface area (Å²) in [5.41, 5.74) is 0.100. The number of rotatable bonds is 9. The fourth-order valence-corrected chi connectivity index (χ4v) is 2.46. The summed E-state index contributed by atoms with van der Waals surface area (Å²) in [7, 11) is 0. The summed E-state index contributed by atoms with van der Waals surface area (Å²) in [6, 6.07) is 0. The summed E-state index contributed by atoms with van der Waals surface area (Å²) in [6.45, 7) is 7.48. The smallest absolute Gasteiger partial charge is 0.332 e. The first kappa shape index (κ1) is 18.6. The lowest BCUT2D eigenvalue weighted by molar-refractivity contribution is -0.136. The molecule has 126 valence electrons. The lowest BCUT2D eigenvalue weighted by Crippen LogP contribution is -2.37. The van der Waals surface area contributed by atoms with E-state index in [4.69, 9.17) is 4.74 Å². The van der Waals surface area contributed by atoms with Gasteiger partial charge in [0.2, 0.25) is 0 Å². The van der Waals surface area contributed by atoms with E-state index >= 15 is 0 Å². The summed E-state index contributed by atoms with van der Waals surface area (Å²) in [5.74, 6) is -1.83. The molecule has 1 aliphatic rings. The van der Waals surface area contributed by atoms with E-state index < -0.39 is 11.9 Å². The average Bonchev–Trinajstić information content (AvgIpc) is 2.50. The maximum atomic E-state index is 11.5. The van der Waals surface area contributed by atoms with Crippen LogP contribution >= 0.6 is 0 Å². The van der Waals surface area contributed by atoms with Crippen LogP contribution in [-0.2, 0) is 14.3 Å². The monoisotopic (exact) mass is 313 g/mol. The number of carboxylic acids is 2. The molecule has 0 saturated carbocycles. The van der Waals surface area contributed by atoms with Crippen molar-refractivity contribution < 1.29 is 24.5 Å². The van der Waals surface area contributed by atoms with Gasteiger partial charge in [0.15, 0.2) is 0 Å². The van der Waals surface area contributed by atoms with Gasteiger partial charge in [0, 0.05) is 30.8 Å². The topological polar surface area (TPSA) is 87.1 Å². The molecule has 1 heterocycles. The Hall–Kier alpha value is -1.40. The highest BCUT2D eigenvalue weighted by Gasteiger charge is 2.21. The van der Waals surface area contributed by atoms with E-state index in [1.54, 1.807) is 0 Å². The van der Waals surface area contributed by atoms with Crippen molar-refractivity contribution in [2.45, 2.75) is 39.5 Å². The Morgan fingerprint density at radius 1 is 1.09 bits per heavy atom. The zero-order chi connectivity index (χ0) is 16.5. The van der Waals surface area contributed by atoms with Gasteiger partial charge in [0.05, 0.1) is 13.2 Å². The fraction of sp³-hybridized carbons (Fsp3) is 0.750. The first-order chi connectivity index (χ1) is 10.5. The van der Waals surface area contributed by atoms with Crippen molar-refractivity contribution in [2.75, 3.05) is 32.8 Å². The number of nitrogens with zero attached hydrogens (tertiary/aromatic N) is 1. The van der Waals surface area contributed by atoms with Crippen molar-refractivity contribution in [1.29, 1.82) is 0 Å². The number of hydrogen-bond donors (Lipinski definition) is 2. The van der Waals surface area contributed by atoms with Gasteiger partial charge in [-0.2, -0.15) is 0 Å². The molecule has 6 heteroatoms. The number of carbonyl (C=O) groups is 2. The van der Waals surface area contributed by atoms with E-state index in [1.807, 2.05) is 13.8 Å². The van der Waals surface area contributed by atoms with E-state index in [1.165, 1.54) is 0 Å². The molecule has 1 saturated heterocycles. The highest BCUT2D eigenvalue weighted by molar-refractivity contribution is 5.98. The van der Waals surface area contributed by atoms with Gasteiger partial charge >= 0.3 is 11.9 Å². The molecule has 1 aliphatic heterocycles. The minimum Gasteiger partial charge on any atom is -0.478 e. The SMILES string of the molecule is CCC(C)CCC(C(=O)O)=C(CCN1CCOCC1)C(=O)O. The molecule has 0 radical (unpaired) electrons. The number of carboxylic acid groups (broad SMARTS) is 2. The van der Waals surface area contributed by atoms with Crippen LogP contribution in [0.25, 0.3) is 0 Å². The molecule has 0 aromatic rings. The second kappa shape index (κ2) is 9.58. The Balaban J connectivity index is 2.75. The zero-order valence-corrected chi connectivity index (χ0v) is 13.5. The van der Waals surface area contributed by atoms with Crippen molar-refractivity contribution in [3.63, 3.8) is 0 Å². The first-order valence-corrected chi connectivity index (χ1v) is 7.94. The Morgan fingerprint density at radius 3 is 2.14 bits per heavy atom. The molecule has 0 amide bonds. The van der Waals surface area contributed by atoms with Crippen molar-refractivity contribution in [2.24, 2.45) is 5.92 Å². The summed E-state index contributed by atoms with van der Waals surface area (Å²) in [4.78, 5) is 25.0. The summed E-state index contributed by atoms with van der Waals surface area (Å²) in [5, 5.41) is 18.7. The summed E-state index contributed by atoms with van der Waals surface area (Å²) < 4.78 is 5.25. The number of ether oxygens (including phenoxy) is 1. The molecule has 1 unspecified atom stereocenters. The van der Waals surface area contributed by atoms with Crippen molar-refractivity contribution in [3.05, 3.63) is 11.1 Å². The standard InChI is InChI=1S/C16H27NO5/c1-3-12(2)4-5-13(15(18)19)14(16(20)21)6-7-17-8-10-22-11-9-17/h12H,3-11H2,1-2H3,(H,18,19)(H,20,21). The highest BCUT2D eigenvalue weighted by atomic mass is 16.5. The predicted octanol–water partition coefficient (Wildman–Crippen LogP) is 2.00. The van der Waals surface area contributed by atoms with Crippen LogP contribution in [0.5, 0.6) is 0 Å². The predicted molar refractivity (Wildman–Crippen MR) is 82.9 cm³/mol. The molecule has 0 aromatic carbocycles.